The number of ether oxygens (including phenoxy) is 4. The van der Waals surface area contributed by atoms with Gasteiger partial charge in [-0.15, -0.1) is 0 Å². The maximum Gasteiger partial charge on any atom is 0.514 e. The van der Waals surface area contributed by atoms with Crippen LogP contribution in [0.5, 0.6) is 11.5 Å². The molecule has 6 heteroatoms. The molecule has 3 aromatic carbocycles. The monoisotopic (exact) mass is 448 g/mol. The highest BCUT2D eigenvalue weighted by Gasteiger charge is 2.21. The number of allylic oxidation sites excluding steroid dienone is 2. The second-order valence-corrected chi connectivity index (χ2v) is 7.34. The normalized spacial score (nSPS) is 11.4. The van der Waals surface area contributed by atoms with Crippen LogP contribution < -0.4 is 9.47 Å². The number of carbonyl (C=O) groups is 2. The third kappa shape index (κ3) is 6.13. The van der Waals surface area contributed by atoms with E-state index in [2.05, 4.69) is 0 Å². The van der Waals surface area contributed by atoms with E-state index in [0.717, 1.165) is 18.4 Å². The number of aryl methyl sites for hydroxylation is 1. The van der Waals surface area contributed by atoms with Crippen LogP contribution in [0.3, 0.4) is 0 Å². The summed E-state index contributed by atoms with van der Waals surface area (Å²) in [6.07, 6.45) is 7.43. The highest BCUT2D eigenvalue weighted by atomic mass is 16.7. The zero-order valence-corrected chi connectivity index (χ0v) is 19.1. The predicted molar refractivity (Wildman–Crippen MR) is 129 cm³/mol. The van der Waals surface area contributed by atoms with Gasteiger partial charge in [-0.05, 0) is 25.8 Å². The summed E-state index contributed by atoms with van der Waals surface area (Å²) in [6.45, 7) is 6.18. The quantitative estimate of drug-likeness (QED) is 0.156. The Morgan fingerprint density at radius 2 is 1.18 bits per heavy atom. The summed E-state index contributed by atoms with van der Waals surface area (Å²) in [7, 11) is 0. The fourth-order valence-corrected chi connectivity index (χ4v) is 3.36. The summed E-state index contributed by atoms with van der Waals surface area (Å²) >= 11 is 0. The van der Waals surface area contributed by atoms with E-state index in [9.17, 15) is 9.59 Å². The summed E-state index contributed by atoms with van der Waals surface area (Å²) in [5.74, 6) is 0.692. The summed E-state index contributed by atoms with van der Waals surface area (Å²) in [5, 5.41) is 2.48. The Hall–Kier alpha value is -3.80. The van der Waals surface area contributed by atoms with Crippen LogP contribution in [0.2, 0.25) is 0 Å². The molecule has 0 saturated heterocycles. The number of hydrogen-bond donors (Lipinski definition) is 0. The van der Waals surface area contributed by atoms with Gasteiger partial charge in [0.15, 0.2) is 0 Å². The van der Waals surface area contributed by atoms with E-state index in [1.54, 1.807) is 24.3 Å². The van der Waals surface area contributed by atoms with Gasteiger partial charge in [0.05, 0.1) is 0 Å². The van der Waals surface area contributed by atoms with Crippen molar-refractivity contribution in [1.82, 2.24) is 0 Å². The molecule has 0 unspecified atom stereocenters. The maximum absolute atomic E-state index is 12.4. The molecule has 0 aliphatic carbocycles. The van der Waals surface area contributed by atoms with Crippen LogP contribution in [0.1, 0.15) is 32.3 Å². The third-order valence-corrected chi connectivity index (χ3v) is 4.85. The lowest BCUT2D eigenvalue weighted by atomic mass is 9.99. The van der Waals surface area contributed by atoms with Gasteiger partial charge in [-0.1, -0.05) is 80.1 Å². The fraction of sp³-hybridized carbons (Fsp3) is 0.259. The minimum absolute atomic E-state index is 0.126. The van der Waals surface area contributed by atoms with E-state index in [4.69, 9.17) is 18.9 Å². The van der Waals surface area contributed by atoms with Crippen LogP contribution >= 0.6 is 0 Å². The van der Waals surface area contributed by atoms with Crippen molar-refractivity contribution in [2.45, 2.75) is 33.6 Å². The average molecular weight is 449 g/mol. The third-order valence-electron chi connectivity index (χ3n) is 4.85. The van der Waals surface area contributed by atoms with Gasteiger partial charge in [0.25, 0.3) is 0 Å². The summed E-state index contributed by atoms with van der Waals surface area (Å²) in [5.41, 5.74) is 0.958. The molecule has 3 aromatic rings. The lowest BCUT2D eigenvalue weighted by Crippen LogP contribution is -2.13. The van der Waals surface area contributed by atoms with Gasteiger partial charge >= 0.3 is 12.3 Å². The van der Waals surface area contributed by atoms with E-state index in [-0.39, 0.29) is 13.2 Å². The first-order chi connectivity index (χ1) is 16.0. The van der Waals surface area contributed by atoms with Gasteiger partial charge in [0.2, 0.25) is 0 Å². The molecular formula is C27H28O6. The summed E-state index contributed by atoms with van der Waals surface area (Å²) < 4.78 is 21.6. The molecule has 0 aromatic heterocycles. The van der Waals surface area contributed by atoms with Gasteiger partial charge in [-0.3, -0.25) is 0 Å². The maximum atomic E-state index is 12.4. The van der Waals surface area contributed by atoms with Crippen LogP contribution in [0.15, 0.2) is 66.8 Å². The lowest BCUT2D eigenvalue weighted by molar-refractivity contribution is 0.109. The van der Waals surface area contributed by atoms with Gasteiger partial charge in [-0.2, -0.15) is 0 Å². The van der Waals surface area contributed by atoms with Crippen LogP contribution in [0.4, 0.5) is 9.59 Å². The molecule has 0 N–H and O–H groups in total. The van der Waals surface area contributed by atoms with Crippen LogP contribution in [0.25, 0.3) is 21.5 Å². The Bertz CT molecular complexity index is 1190. The second-order valence-electron chi connectivity index (χ2n) is 7.34. The van der Waals surface area contributed by atoms with Crippen LogP contribution in [0, 0.1) is 6.92 Å². The first-order valence-corrected chi connectivity index (χ1v) is 11.0. The Labute approximate surface area is 193 Å². The number of hydrogen-bond acceptors (Lipinski definition) is 6. The SMILES string of the molecule is CC/C=C/COC(=O)Oc1c2ccccc2c(OC(=O)OC/C=C/CC)c2cc(C)ccc12. The van der Waals surface area contributed by atoms with Crippen LogP contribution in [-0.2, 0) is 9.47 Å². The zero-order chi connectivity index (χ0) is 23.6. The van der Waals surface area contributed by atoms with Crippen molar-refractivity contribution in [2.24, 2.45) is 0 Å². The Morgan fingerprint density at radius 1 is 0.697 bits per heavy atom. The van der Waals surface area contributed by atoms with Gasteiger partial charge in [0.1, 0.15) is 24.7 Å². The Morgan fingerprint density at radius 3 is 1.70 bits per heavy atom. The average Bonchev–Trinajstić information content (AvgIpc) is 2.81. The van der Waals surface area contributed by atoms with E-state index in [0.29, 0.717) is 33.0 Å². The second kappa shape index (κ2) is 11.7. The van der Waals surface area contributed by atoms with Crippen molar-refractivity contribution in [1.29, 1.82) is 0 Å². The molecule has 0 amide bonds. The van der Waals surface area contributed by atoms with E-state index in [1.165, 1.54) is 0 Å². The van der Waals surface area contributed by atoms with E-state index >= 15 is 0 Å². The molecule has 0 heterocycles. The molecule has 0 aliphatic heterocycles. The first kappa shape index (κ1) is 23.9. The largest absolute Gasteiger partial charge is 0.514 e. The van der Waals surface area contributed by atoms with E-state index < -0.39 is 12.3 Å². The molecule has 0 saturated carbocycles. The van der Waals surface area contributed by atoms with Crippen molar-refractivity contribution in [2.75, 3.05) is 13.2 Å². The summed E-state index contributed by atoms with van der Waals surface area (Å²) in [4.78, 5) is 24.8. The van der Waals surface area contributed by atoms with Crippen molar-refractivity contribution in [3.63, 3.8) is 0 Å². The van der Waals surface area contributed by atoms with E-state index in [1.807, 2.05) is 63.3 Å². The smallest absolute Gasteiger partial charge is 0.430 e. The van der Waals surface area contributed by atoms with Crippen molar-refractivity contribution < 1.29 is 28.5 Å². The van der Waals surface area contributed by atoms with Crippen molar-refractivity contribution in [3.05, 3.63) is 72.3 Å². The minimum Gasteiger partial charge on any atom is -0.430 e. The Balaban J connectivity index is 2.02. The lowest BCUT2D eigenvalue weighted by Gasteiger charge is -2.16. The number of carbonyl (C=O) groups excluding carboxylic acids is 2. The Kier molecular flexibility index (Phi) is 8.47. The number of benzene rings is 3. The van der Waals surface area contributed by atoms with Gasteiger partial charge in [0, 0.05) is 21.5 Å². The number of fused-ring (bicyclic) bond motifs is 2. The molecule has 6 nitrogen and oxygen atoms in total. The molecule has 33 heavy (non-hydrogen) atoms. The summed E-state index contributed by atoms with van der Waals surface area (Å²) in [6, 6.07) is 12.9. The molecule has 0 fully saturated rings. The van der Waals surface area contributed by atoms with Crippen molar-refractivity contribution in [3.8, 4) is 11.5 Å². The molecular weight excluding hydrogens is 420 g/mol. The minimum atomic E-state index is -0.807. The van der Waals surface area contributed by atoms with Gasteiger partial charge < -0.3 is 18.9 Å². The molecule has 0 aliphatic rings. The molecule has 0 bridgehead atoms. The standard InChI is InChI=1S/C27H28O6/c1-4-6-10-16-30-26(28)32-24-20-12-8-9-13-21(20)25(23-18-19(3)14-15-22(23)24)33-27(29)31-17-11-7-5-2/h6-15,18H,4-5,16-17H2,1-3H3/b10-6+,11-7+. The molecule has 0 atom stereocenters. The topological polar surface area (TPSA) is 71.1 Å². The highest BCUT2D eigenvalue weighted by Crippen LogP contribution is 2.43. The predicted octanol–water partition coefficient (Wildman–Crippen LogP) is 7.26. The molecule has 0 radical (unpaired) electrons. The highest BCUT2D eigenvalue weighted by molar-refractivity contribution is 6.12. The fourth-order valence-electron chi connectivity index (χ4n) is 3.36. The number of rotatable bonds is 8. The van der Waals surface area contributed by atoms with Gasteiger partial charge in [-0.25, -0.2) is 9.59 Å². The first-order valence-electron chi connectivity index (χ1n) is 11.0. The molecule has 3 rings (SSSR count). The zero-order valence-electron chi connectivity index (χ0n) is 19.1. The van der Waals surface area contributed by atoms with Crippen molar-refractivity contribution >= 4 is 33.9 Å². The molecule has 172 valence electrons. The molecule has 0 spiro atoms. The van der Waals surface area contributed by atoms with Crippen LogP contribution in [-0.4, -0.2) is 25.5 Å².